The van der Waals surface area contributed by atoms with Gasteiger partial charge in [-0.25, -0.2) is 4.98 Å². The van der Waals surface area contributed by atoms with Gasteiger partial charge in [-0.2, -0.15) is 0 Å². The summed E-state index contributed by atoms with van der Waals surface area (Å²) in [5.74, 6) is 1.98. The first-order valence-electron chi connectivity index (χ1n) is 9.29. The van der Waals surface area contributed by atoms with Crippen molar-refractivity contribution in [1.82, 2.24) is 15.2 Å². The summed E-state index contributed by atoms with van der Waals surface area (Å²) < 4.78 is 0. The zero-order chi connectivity index (χ0) is 14.8. The van der Waals surface area contributed by atoms with E-state index < -0.39 is 0 Å². The van der Waals surface area contributed by atoms with Crippen LogP contribution < -0.4 is 5.32 Å². The van der Waals surface area contributed by atoms with Gasteiger partial charge in [-0.05, 0) is 89.4 Å². The van der Waals surface area contributed by atoms with E-state index in [1.54, 1.807) is 4.88 Å². The largest absolute Gasteiger partial charge is 0.317 e. The van der Waals surface area contributed by atoms with E-state index in [-0.39, 0.29) is 0 Å². The van der Waals surface area contributed by atoms with Crippen molar-refractivity contribution in [1.29, 1.82) is 0 Å². The molecule has 3 nitrogen and oxygen atoms in total. The second-order valence-corrected chi connectivity index (χ2v) is 8.55. The zero-order valence-electron chi connectivity index (χ0n) is 13.6. The summed E-state index contributed by atoms with van der Waals surface area (Å²) in [5.41, 5.74) is 1.43. The molecule has 2 fully saturated rings. The van der Waals surface area contributed by atoms with E-state index in [4.69, 9.17) is 4.98 Å². The monoisotopic (exact) mass is 319 g/mol. The van der Waals surface area contributed by atoms with Gasteiger partial charge in [0.2, 0.25) is 0 Å². The molecular formula is C18H29N3S. The maximum absolute atomic E-state index is 4.92. The summed E-state index contributed by atoms with van der Waals surface area (Å²) in [4.78, 5) is 9.17. The number of aryl methyl sites for hydroxylation is 2. The fourth-order valence-corrected chi connectivity index (χ4v) is 5.76. The lowest BCUT2D eigenvalue weighted by Gasteiger charge is -2.37. The molecule has 3 heterocycles. The molecule has 1 aliphatic carbocycles. The number of rotatable bonds is 3. The third-order valence-corrected chi connectivity index (χ3v) is 7.07. The Hall–Kier alpha value is -0.450. The molecule has 0 aromatic carbocycles. The Morgan fingerprint density at radius 2 is 1.73 bits per heavy atom. The standard InChI is InChI=1S/C18H29N3S/c1-2-4-17-16(3-1)20-18(22-17)13-21-11-7-15(8-12-21)14-5-9-19-10-6-14/h14-15,19H,1-13H2. The number of likely N-dealkylation sites (tertiary alicyclic amines) is 1. The van der Waals surface area contributed by atoms with Gasteiger partial charge in [0.15, 0.2) is 0 Å². The molecule has 22 heavy (non-hydrogen) atoms. The molecule has 0 radical (unpaired) electrons. The van der Waals surface area contributed by atoms with Crippen LogP contribution in [0.1, 0.15) is 54.1 Å². The molecule has 4 heteroatoms. The van der Waals surface area contributed by atoms with Crippen LogP contribution in [0.3, 0.4) is 0 Å². The van der Waals surface area contributed by atoms with Crippen molar-refractivity contribution in [3.63, 3.8) is 0 Å². The number of nitrogens with one attached hydrogen (secondary N) is 1. The van der Waals surface area contributed by atoms with Crippen molar-refractivity contribution in [3.8, 4) is 0 Å². The van der Waals surface area contributed by atoms with E-state index in [9.17, 15) is 0 Å². The van der Waals surface area contributed by atoms with Crippen molar-refractivity contribution in [2.24, 2.45) is 11.8 Å². The molecule has 2 aliphatic heterocycles. The molecule has 0 atom stereocenters. The highest BCUT2D eigenvalue weighted by atomic mass is 32.1. The summed E-state index contributed by atoms with van der Waals surface area (Å²) in [6.45, 7) is 6.18. The minimum Gasteiger partial charge on any atom is -0.317 e. The summed E-state index contributed by atoms with van der Waals surface area (Å²) in [6.07, 6.45) is 10.9. The minimum atomic E-state index is 0.989. The van der Waals surface area contributed by atoms with Gasteiger partial charge in [0.1, 0.15) is 5.01 Å². The Balaban J connectivity index is 1.29. The van der Waals surface area contributed by atoms with Crippen molar-refractivity contribution in [3.05, 3.63) is 15.6 Å². The van der Waals surface area contributed by atoms with E-state index in [1.165, 1.54) is 88.2 Å². The van der Waals surface area contributed by atoms with Gasteiger partial charge >= 0.3 is 0 Å². The van der Waals surface area contributed by atoms with Crippen molar-refractivity contribution in [2.45, 2.75) is 57.9 Å². The van der Waals surface area contributed by atoms with Gasteiger partial charge in [0.25, 0.3) is 0 Å². The normalized spacial score (nSPS) is 25.3. The summed E-state index contributed by atoms with van der Waals surface area (Å²) in [7, 11) is 0. The molecule has 4 rings (SSSR count). The highest BCUT2D eigenvalue weighted by molar-refractivity contribution is 7.11. The lowest BCUT2D eigenvalue weighted by molar-refractivity contribution is 0.126. The predicted molar refractivity (Wildman–Crippen MR) is 92.4 cm³/mol. The van der Waals surface area contributed by atoms with Crippen molar-refractivity contribution >= 4 is 11.3 Å². The third kappa shape index (κ3) is 3.39. The van der Waals surface area contributed by atoms with Gasteiger partial charge in [-0.3, -0.25) is 4.90 Å². The molecule has 2 saturated heterocycles. The Labute approximate surface area is 138 Å². The molecule has 0 spiro atoms. The van der Waals surface area contributed by atoms with Gasteiger partial charge in [0.05, 0.1) is 12.2 Å². The topological polar surface area (TPSA) is 28.2 Å². The van der Waals surface area contributed by atoms with Gasteiger partial charge < -0.3 is 5.32 Å². The Morgan fingerprint density at radius 1 is 1.00 bits per heavy atom. The van der Waals surface area contributed by atoms with Crippen LogP contribution in [0.25, 0.3) is 0 Å². The maximum atomic E-state index is 4.92. The van der Waals surface area contributed by atoms with Crippen LogP contribution in [0.15, 0.2) is 0 Å². The van der Waals surface area contributed by atoms with Gasteiger partial charge in [0, 0.05) is 4.88 Å². The zero-order valence-corrected chi connectivity index (χ0v) is 14.5. The first kappa shape index (κ1) is 15.1. The lowest BCUT2D eigenvalue weighted by atomic mass is 9.79. The highest BCUT2D eigenvalue weighted by Crippen LogP contribution is 2.32. The Morgan fingerprint density at radius 3 is 2.50 bits per heavy atom. The predicted octanol–water partition coefficient (Wildman–Crippen LogP) is 3.23. The Bertz CT molecular complexity index is 461. The summed E-state index contributed by atoms with van der Waals surface area (Å²) in [6, 6.07) is 0. The van der Waals surface area contributed by atoms with Crippen LogP contribution in [0.2, 0.25) is 0 Å². The SMILES string of the molecule is C1CCc2sc(CN3CCC(C4CCNCC4)CC3)nc2C1. The van der Waals surface area contributed by atoms with Crippen LogP contribution >= 0.6 is 11.3 Å². The summed E-state index contributed by atoms with van der Waals surface area (Å²) >= 11 is 2.00. The summed E-state index contributed by atoms with van der Waals surface area (Å²) in [5, 5.41) is 4.88. The van der Waals surface area contributed by atoms with Crippen LogP contribution in [-0.2, 0) is 19.4 Å². The molecule has 0 unspecified atom stereocenters. The molecule has 1 aromatic rings. The average molecular weight is 320 g/mol. The van der Waals surface area contributed by atoms with Gasteiger partial charge in [-0.15, -0.1) is 11.3 Å². The molecule has 3 aliphatic rings. The molecule has 1 N–H and O–H groups in total. The average Bonchev–Trinajstić information content (AvgIpc) is 2.98. The van der Waals surface area contributed by atoms with Crippen LogP contribution in [0.5, 0.6) is 0 Å². The van der Waals surface area contributed by atoms with Crippen molar-refractivity contribution in [2.75, 3.05) is 26.2 Å². The number of thiazole rings is 1. The quantitative estimate of drug-likeness (QED) is 0.927. The van der Waals surface area contributed by atoms with Crippen molar-refractivity contribution < 1.29 is 0 Å². The fraction of sp³-hybridized carbons (Fsp3) is 0.833. The molecule has 0 amide bonds. The van der Waals surface area contributed by atoms with Crippen LogP contribution in [-0.4, -0.2) is 36.1 Å². The smallest absolute Gasteiger partial charge is 0.107 e. The maximum Gasteiger partial charge on any atom is 0.107 e. The molecule has 1 aromatic heterocycles. The van der Waals surface area contributed by atoms with E-state index in [0.717, 1.165) is 18.4 Å². The van der Waals surface area contributed by atoms with E-state index >= 15 is 0 Å². The second-order valence-electron chi connectivity index (χ2n) is 7.39. The molecule has 0 saturated carbocycles. The number of hydrogen-bond acceptors (Lipinski definition) is 4. The second kappa shape index (κ2) is 6.98. The minimum absolute atomic E-state index is 0.989. The number of aromatic nitrogens is 1. The van der Waals surface area contributed by atoms with E-state index in [2.05, 4.69) is 10.2 Å². The molecule has 122 valence electrons. The number of fused-ring (bicyclic) bond motifs is 1. The first-order chi connectivity index (χ1) is 10.9. The van der Waals surface area contributed by atoms with E-state index in [1.807, 2.05) is 11.3 Å². The van der Waals surface area contributed by atoms with Crippen LogP contribution in [0.4, 0.5) is 0 Å². The van der Waals surface area contributed by atoms with Crippen LogP contribution in [0, 0.1) is 11.8 Å². The molecular weight excluding hydrogens is 290 g/mol. The first-order valence-corrected chi connectivity index (χ1v) is 10.1. The fourth-order valence-electron chi connectivity index (χ4n) is 4.56. The van der Waals surface area contributed by atoms with E-state index in [0.29, 0.717) is 0 Å². The van der Waals surface area contributed by atoms with Gasteiger partial charge in [-0.1, -0.05) is 0 Å². The number of nitrogens with zero attached hydrogens (tertiary/aromatic N) is 2. The lowest BCUT2D eigenvalue weighted by Crippen LogP contribution is -2.39. The molecule has 0 bridgehead atoms. The highest BCUT2D eigenvalue weighted by Gasteiger charge is 2.28. The third-order valence-electron chi connectivity index (χ3n) is 5.93. The Kier molecular flexibility index (Phi) is 4.79. The number of piperidine rings is 2. The number of hydrogen-bond donors (Lipinski definition) is 1.